The van der Waals surface area contributed by atoms with E-state index in [1.54, 1.807) is 0 Å². The van der Waals surface area contributed by atoms with Crippen molar-refractivity contribution >= 4 is 23.1 Å². The van der Waals surface area contributed by atoms with E-state index in [0.29, 0.717) is 0 Å². The highest BCUT2D eigenvalue weighted by Gasteiger charge is 2.21. The zero-order chi connectivity index (χ0) is 25.5. The number of likely N-dealkylation sites (tertiary alicyclic amines) is 1. The molecule has 1 saturated heterocycles. The monoisotopic (exact) mass is 500 g/mol. The second-order valence-corrected chi connectivity index (χ2v) is 10.5. The minimum absolute atomic E-state index is 0.0187. The fraction of sp³-hybridized carbons (Fsp3) is 0.464. The van der Waals surface area contributed by atoms with Crippen LogP contribution >= 0.6 is 0 Å². The van der Waals surface area contributed by atoms with E-state index < -0.39 is 0 Å². The maximum Gasteiger partial charge on any atom is 0.219 e. The first-order valence-electron chi connectivity index (χ1n) is 13.3. The fourth-order valence-corrected chi connectivity index (χ4v) is 5.66. The van der Waals surface area contributed by atoms with Crippen molar-refractivity contribution in [3.63, 3.8) is 0 Å². The zero-order valence-corrected chi connectivity index (χ0v) is 22.2. The van der Waals surface area contributed by atoms with Crippen LogP contribution < -0.4 is 4.74 Å². The number of rotatable bonds is 3. The minimum Gasteiger partial charge on any atom is -0.473 e. The van der Waals surface area contributed by atoms with Crippen molar-refractivity contribution in [2.75, 3.05) is 33.2 Å². The molecule has 0 amide bonds. The quantitative estimate of drug-likeness (QED) is 0.459. The van der Waals surface area contributed by atoms with Gasteiger partial charge in [-0.2, -0.15) is 15.3 Å². The van der Waals surface area contributed by atoms with Crippen LogP contribution in [0, 0.1) is 6.92 Å². The summed E-state index contributed by atoms with van der Waals surface area (Å²) in [6.07, 6.45) is 8.82. The molecule has 1 fully saturated rings. The molecule has 3 aromatic heterocycles. The van der Waals surface area contributed by atoms with Crippen molar-refractivity contribution in [1.29, 1.82) is 0 Å². The van der Waals surface area contributed by atoms with E-state index in [9.17, 15) is 0 Å². The SMILES string of the molecule is Cc1c2c(nn1CCN1CCCC1)CN(C)C[C@H](C)Oc1c(cnn1C)-c1ccc3n[nH]c(c3c1)C=C2. The number of nitrogens with one attached hydrogen (secondary N) is 1. The van der Waals surface area contributed by atoms with Gasteiger partial charge >= 0.3 is 0 Å². The molecule has 0 spiro atoms. The number of fused-ring (bicyclic) bond motifs is 4. The first-order chi connectivity index (χ1) is 18.0. The van der Waals surface area contributed by atoms with Gasteiger partial charge in [-0.05, 0) is 76.7 Å². The first kappa shape index (κ1) is 23.9. The molecule has 2 bridgehead atoms. The Morgan fingerprint density at radius 3 is 2.78 bits per heavy atom. The Balaban J connectivity index is 1.41. The highest BCUT2D eigenvalue weighted by atomic mass is 16.5. The maximum absolute atomic E-state index is 6.46. The zero-order valence-electron chi connectivity index (χ0n) is 22.2. The van der Waals surface area contributed by atoms with Crippen LogP contribution in [0.4, 0.5) is 0 Å². The average molecular weight is 501 g/mol. The van der Waals surface area contributed by atoms with Crippen molar-refractivity contribution in [3.05, 3.63) is 47.0 Å². The summed E-state index contributed by atoms with van der Waals surface area (Å²) >= 11 is 0. The summed E-state index contributed by atoms with van der Waals surface area (Å²) in [7, 11) is 4.06. The van der Waals surface area contributed by atoms with Gasteiger partial charge in [-0.1, -0.05) is 6.07 Å². The van der Waals surface area contributed by atoms with Gasteiger partial charge in [0.2, 0.25) is 5.88 Å². The number of aromatic amines is 1. The van der Waals surface area contributed by atoms with Crippen molar-refractivity contribution in [3.8, 4) is 17.0 Å². The largest absolute Gasteiger partial charge is 0.473 e. The van der Waals surface area contributed by atoms with Crippen LogP contribution in [0.2, 0.25) is 0 Å². The van der Waals surface area contributed by atoms with Gasteiger partial charge in [0.25, 0.3) is 0 Å². The van der Waals surface area contributed by atoms with Crippen molar-refractivity contribution in [2.45, 2.75) is 45.9 Å². The van der Waals surface area contributed by atoms with Crippen molar-refractivity contribution in [1.82, 2.24) is 39.6 Å². The average Bonchev–Trinajstić information content (AvgIpc) is 3.65. The van der Waals surface area contributed by atoms with E-state index in [-0.39, 0.29) is 6.10 Å². The molecular weight excluding hydrogens is 464 g/mol. The summed E-state index contributed by atoms with van der Waals surface area (Å²) < 4.78 is 10.5. The number of aromatic nitrogens is 6. The number of ether oxygens (including phenoxy) is 1. The van der Waals surface area contributed by atoms with Crippen LogP contribution in [0.3, 0.4) is 0 Å². The van der Waals surface area contributed by atoms with Gasteiger partial charge in [-0.15, -0.1) is 0 Å². The third-order valence-corrected chi connectivity index (χ3v) is 7.65. The van der Waals surface area contributed by atoms with E-state index >= 15 is 0 Å². The molecule has 1 atom stereocenters. The van der Waals surface area contributed by atoms with E-state index in [2.05, 4.69) is 81.0 Å². The molecule has 4 aromatic rings. The summed E-state index contributed by atoms with van der Waals surface area (Å²) in [6.45, 7) is 10.2. The molecule has 37 heavy (non-hydrogen) atoms. The maximum atomic E-state index is 6.46. The molecule has 5 heterocycles. The predicted molar refractivity (Wildman–Crippen MR) is 146 cm³/mol. The smallest absolute Gasteiger partial charge is 0.219 e. The molecule has 0 aliphatic carbocycles. The molecule has 9 nitrogen and oxygen atoms in total. The van der Waals surface area contributed by atoms with Crippen molar-refractivity contribution in [2.24, 2.45) is 7.05 Å². The van der Waals surface area contributed by atoms with Gasteiger partial charge in [-0.25, -0.2) is 4.68 Å². The Bertz CT molecular complexity index is 1440. The Morgan fingerprint density at radius 1 is 1.11 bits per heavy atom. The molecule has 2 aliphatic rings. The Hall–Kier alpha value is -3.43. The molecule has 6 rings (SSSR count). The molecule has 1 N–H and O–H groups in total. The first-order valence-corrected chi connectivity index (χ1v) is 13.3. The summed E-state index contributed by atoms with van der Waals surface area (Å²) in [5.41, 5.74) is 7.44. The van der Waals surface area contributed by atoms with E-state index in [4.69, 9.17) is 9.84 Å². The Morgan fingerprint density at radius 2 is 1.95 bits per heavy atom. The fourth-order valence-electron chi connectivity index (χ4n) is 5.66. The highest BCUT2D eigenvalue weighted by Crippen LogP contribution is 2.33. The predicted octanol–water partition coefficient (Wildman–Crippen LogP) is 3.95. The lowest BCUT2D eigenvalue weighted by molar-refractivity contribution is 0.148. The number of nitrogens with zero attached hydrogens (tertiary/aromatic N) is 7. The van der Waals surface area contributed by atoms with E-state index in [1.165, 1.54) is 37.2 Å². The second kappa shape index (κ2) is 9.79. The number of hydrogen-bond donors (Lipinski definition) is 1. The minimum atomic E-state index is -0.0187. The lowest BCUT2D eigenvalue weighted by Gasteiger charge is -2.22. The van der Waals surface area contributed by atoms with Gasteiger partial charge in [0.15, 0.2) is 0 Å². The van der Waals surface area contributed by atoms with Crippen LogP contribution in [-0.4, -0.2) is 78.9 Å². The standard InChI is InChI=1S/C28H36N8O/c1-19-17-33(3)18-27-22(20(2)36(32-27)14-13-35-11-5-6-12-35)8-10-26-23-15-21(7-9-25(23)30-31-26)24-16-29-34(4)28(24)37-19/h7-10,15-16,19H,5-6,11-14,17-18H2,1-4H3,(H,30,31)/t19-/m0/s1. The molecule has 194 valence electrons. The molecule has 9 heteroatoms. The summed E-state index contributed by atoms with van der Waals surface area (Å²) in [5.74, 6) is 0.776. The number of aryl methyl sites for hydroxylation is 1. The van der Waals surface area contributed by atoms with Crippen LogP contribution in [0.15, 0.2) is 24.4 Å². The second-order valence-electron chi connectivity index (χ2n) is 10.5. The van der Waals surface area contributed by atoms with Gasteiger partial charge in [0.1, 0.15) is 6.10 Å². The third kappa shape index (κ3) is 4.69. The molecule has 2 aliphatic heterocycles. The molecule has 0 unspecified atom stereocenters. The van der Waals surface area contributed by atoms with Gasteiger partial charge in [-0.3, -0.25) is 14.7 Å². The summed E-state index contributed by atoms with van der Waals surface area (Å²) in [5, 5.41) is 18.4. The van der Waals surface area contributed by atoms with Crippen LogP contribution in [0.5, 0.6) is 5.88 Å². The van der Waals surface area contributed by atoms with Crippen LogP contribution in [-0.2, 0) is 20.1 Å². The van der Waals surface area contributed by atoms with Gasteiger partial charge in [0, 0.05) is 43.3 Å². The van der Waals surface area contributed by atoms with E-state index in [1.807, 2.05) is 17.9 Å². The normalized spacial score (nSPS) is 19.1. The lowest BCUT2D eigenvalue weighted by atomic mass is 10.0. The Labute approximate surface area is 217 Å². The number of benzene rings is 1. The van der Waals surface area contributed by atoms with Crippen molar-refractivity contribution < 1.29 is 4.74 Å². The topological polar surface area (TPSA) is 80.0 Å². The van der Waals surface area contributed by atoms with E-state index in [0.717, 1.165) is 65.5 Å². The molecular formula is C28H36N8O. The van der Waals surface area contributed by atoms with Crippen LogP contribution in [0.1, 0.15) is 42.4 Å². The molecule has 1 aromatic carbocycles. The lowest BCUT2D eigenvalue weighted by Crippen LogP contribution is -2.31. The van der Waals surface area contributed by atoms with Gasteiger partial charge in [0.05, 0.1) is 35.2 Å². The van der Waals surface area contributed by atoms with Gasteiger partial charge < -0.3 is 9.64 Å². The number of hydrogen-bond acceptors (Lipinski definition) is 6. The summed E-state index contributed by atoms with van der Waals surface area (Å²) in [6, 6.07) is 6.31. The number of H-pyrrole nitrogens is 1. The Kier molecular flexibility index (Phi) is 6.34. The van der Waals surface area contributed by atoms with Crippen LogP contribution in [0.25, 0.3) is 34.2 Å². The molecule has 0 saturated carbocycles. The number of likely N-dealkylation sites (N-methyl/N-ethyl adjacent to an activating group) is 1. The molecule has 0 radical (unpaired) electrons. The third-order valence-electron chi connectivity index (χ3n) is 7.65. The highest BCUT2D eigenvalue weighted by molar-refractivity contribution is 5.93. The summed E-state index contributed by atoms with van der Waals surface area (Å²) in [4.78, 5) is 4.83.